The van der Waals surface area contributed by atoms with Gasteiger partial charge in [-0.15, -0.1) is 0 Å². The van der Waals surface area contributed by atoms with Crippen LogP contribution in [0.15, 0.2) is 29.2 Å². The molecule has 3 nitrogen and oxygen atoms in total. The van der Waals surface area contributed by atoms with Crippen molar-refractivity contribution in [1.82, 2.24) is 0 Å². The van der Waals surface area contributed by atoms with Gasteiger partial charge in [-0.2, -0.15) is 0 Å². The van der Waals surface area contributed by atoms with Gasteiger partial charge >= 0.3 is 0 Å². The molecule has 1 atom stereocenters. The lowest BCUT2D eigenvalue weighted by Gasteiger charge is -2.38. The number of sulfone groups is 1. The second kappa shape index (κ2) is 6.22. The van der Waals surface area contributed by atoms with Crippen LogP contribution in [0.5, 0.6) is 0 Å². The summed E-state index contributed by atoms with van der Waals surface area (Å²) >= 11 is 0. The molecule has 0 radical (unpaired) electrons. The Balaban J connectivity index is 2.83. The highest BCUT2D eigenvalue weighted by atomic mass is 32.2. The van der Waals surface area contributed by atoms with Crippen LogP contribution in [0.1, 0.15) is 33.3 Å². The van der Waals surface area contributed by atoms with Gasteiger partial charge in [0.15, 0.2) is 18.2 Å². The summed E-state index contributed by atoms with van der Waals surface area (Å²) in [4.78, 5) is 0.374. The molecule has 5 heteroatoms. The van der Waals surface area contributed by atoms with Crippen LogP contribution in [-0.2, 0) is 14.3 Å². The first kappa shape index (κ1) is 18.4. The second-order valence-electron chi connectivity index (χ2n) is 7.28. The highest BCUT2D eigenvalue weighted by molar-refractivity contribution is 7.91. The number of benzene rings is 1. The Bertz CT molecular complexity index is 569. The molecule has 1 aromatic rings. The molecular formula is C16H28O3SSi. The molecule has 0 fully saturated rings. The van der Waals surface area contributed by atoms with Crippen LogP contribution < -0.4 is 0 Å². The first-order valence-electron chi connectivity index (χ1n) is 7.32. The summed E-state index contributed by atoms with van der Waals surface area (Å²) in [5, 5.41) is 0.0783. The Kier molecular flexibility index (Phi) is 5.45. The Morgan fingerprint density at radius 3 is 2.05 bits per heavy atom. The maximum absolute atomic E-state index is 12.4. The topological polar surface area (TPSA) is 43.4 Å². The van der Waals surface area contributed by atoms with E-state index in [2.05, 4.69) is 33.9 Å². The molecular weight excluding hydrogens is 300 g/mol. The van der Waals surface area contributed by atoms with Gasteiger partial charge in [-0.25, -0.2) is 8.42 Å². The van der Waals surface area contributed by atoms with Crippen LogP contribution in [0, 0.1) is 6.92 Å². The van der Waals surface area contributed by atoms with Crippen molar-refractivity contribution in [3.8, 4) is 0 Å². The molecule has 0 bridgehead atoms. The van der Waals surface area contributed by atoms with Crippen LogP contribution in [0.25, 0.3) is 0 Å². The molecule has 0 N–H and O–H groups in total. The fraction of sp³-hybridized carbons (Fsp3) is 0.625. The Morgan fingerprint density at radius 1 is 1.14 bits per heavy atom. The third-order valence-electron chi connectivity index (χ3n) is 4.14. The van der Waals surface area contributed by atoms with Gasteiger partial charge in [0, 0.05) is 0 Å². The predicted octanol–water partition coefficient (Wildman–Crippen LogP) is 4.18. The van der Waals surface area contributed by atoms with E-state index in [9.17, 15) is 8.42 Å². The van der Waals surface area contributed by atoms with E-state index >= 15 is 0 Å². The van der Waals surface area contributed by atoms with Gasteiger partial charge in [-0.1, -0.05) is 38.5 Å². The first-order valence-corrected chi connectivity index (χ1v) is 11.9. The number of hydrogen-bond acceptors (Lipinski definition) is 3. The van der Waals surface area contributed by atoms with Gasteiger partial charge in [0.05, 0.1) is 16.8 Å². The smallest absolute Gasteiger partial charge is 0.192 e. The normalized spacial score (nSPS) is 15.0. The minimum absolute atomic E-state index is 0.0303. The molecule has 21 heavy (non-hydrogen) atoms. The highest BCUT2D eigenvalue weighted by Crippen LogP contribution is 2.37. The van der Waals surface area contributed by atoms with Crippen LogP contribution in [0.3, 0.4) is 0 Å². The standard InChI is InChI=1S/C16H28O3SSi/c1-13-8-10-15(11-9-13)20(17,18)12-14(2)19-21(6,7)16(3,4)5/h8-11,14H,12H2,1-7H3. The van der Waals surface area contributed by atoms with Crippen molar-refractivity contribution in [2.45, 2.75) is 63.8 Å². The van der Waals surface area contributed by atoms with E-state index in [1.54, 1.807) is 12.1 Å². The van der Waals surface area contributed by atoms with E-state index in [1.165, 1.54) is 0 Å². The monoisotopic (exact) mass is 328 g/mol. The molecule has 1 unspecified atom stereocenters. The van der Waals surface area contributed by atoms with E-state index in [1.807, 2.05) is 26.0 Å². The van der Waals surface area contributed by atoms with E-state index < -0.39 is 18.2 Å². The van der Waals surface area contributed by atoms with Gasteiger partial charge < -0.3 is 4.43 Å². The summed E-state index contributed by atoms with van der Waals surface area (Å²) in [7, 11) is -5.24. The quantitative estimate of drug-likeness (QED) is 0.762. The average Bonchev–Trinajstić information content (AvgIpc) is 2.25. The largest absolute Gasteiger partial charge is 0.413 e. The lowest BCUT2D eigenvalue weighted by atomic mass is 10.2. The molecule has 0 aliphatic carbocycles. The maximum atomic E-state index is 12.4. The predicted molar refractivity (Wildman–Crippen MR) is 91.0 cm³/mol. The molecule has 0 saturated carbocycles. The lowest BCUT2D eigenvalue weighted by Crippen LogP contribution is -2.44. The number of hydrogen-bond donors (Lipinski definition) is 0. The fourth-order valence-electron chi connectivity index (χ4n) is 1.86. The summed E-state index contributed by atoms with van der Waals surface area (Å²) in [5.41, 5.74) is 1.06. The number of rotatable bonds is 5. The van der Waals surface area contributed by atoms with Gasteiger partial charge in [0.25, 0.3) is 0 Å². The zero-order valence-corrected chi connectivity index (χ0v) is 16.0. The molecule has 0 spiro atoms. The first-order chi connectivity index (χ1) is 9.35. The minimum Gasteiger partial charge on any atom is -0.413 e. The van der Waals surface area contributed by atoms with Gasteiger partial charge in [0.1, 0.15) is 0 Å². The SMILES string of the molecule is Cc1ccc(S(=O)(=O)CC(C)O[Si](C)(C)C(C)(C)C)cc1. The molecule has 0 aliphatic rings. The molecule has 0 heterocycles. The summed E-state index contributed by atoms with van der Waals surface area (Å²) in [6, 6.07) is 6.99. The van der Waals surface area contributed by atoms with E-state index in [-0.39, 0.29) is 16.9 Å². The van der Waals surface area contributed by atoms with Gasteiger partial charge in [-0.3, -0.25) is 0 Å². The molecule has 120 valence electrons. The zero-order chi connectivity index (χ0) is 16.5. The molecule has 1 rings (SSSR count). The van der Waals surface area contributed by atoms with Crippen molar-refractivity contribution >= 4 is 18.2 Å². The Morgan fingerprint density at radius 2 is 1.62 bits per heavy atom. The van der Waals surface area contributed by atoms with Crippen molar-refractivity contribution < 1.29 is 12.8 Å². The molecule has 1 aromatic carbocycles. The molecule has 0 saturated heterocycles. The van der Waals surface area contributed by atoms with Crippen molar-refractivity contribution in [3.05, 3.63) is 29.8 Å². The summed E-state index contributed by atoms with van der Waals surface area (Å²) in [5.74, 6) is 0.0303. The summed E-state index contributed by atoms with van der Waals surface area (Å²) in [6.45, 7) is 14.5. The molecule has 0 aromatic heterocycles. The minimum atomic E-state index is -3.30. The van der Waals surface area contributed by atoms with Crippen LogP contribution in [-0.4, -0.2) is 28.6 Å². The van der Waals surface area contributed by atoms with E-state index in [0.29, 0.717) is 4.90 Å². The summed E-state index contributed by atoms with van der Waals surface area (Å²) in [6.07, 6.45) is -0.294. The van der Waals surface area contributed by atoms with Crippen molar-refractivity contribution in [2.24, 2.45) is 0 Å². The second-order valence-corrected chi connectivity index (χ2v) is 14.1. The van der Waals surface area contributed by atoms with E-state index in [4.69, 9.17) is 4.43 Å². The lowest BCUT2D eigenvalue weighted by molar-refractivity contribution is 0.220. The van der Waals surface area contributed by atoms with E-state index in [0.717, 1.165) is 5.56 Å². The molecule has 0 amide bonds. The zero-order valence-electron chi connectivity index (χ0n) is 14.2. The Hall–Kier alpha value is -0.653. The van der Waals surface area contributed by atoms with Crippen LogP contribution in [0.2, 0.25) is 18.1 Å². The maximum Gasteiger partial charge on any atom is 0.192 e. The third kappa shape index (κ3) is 4.93. The van der Waals surface area contributed by atoms with Gasteiger partial charge in [0.2, 0.25) is 0 Å². The van der Waals surface area contributed by atoms with Crippen LogP contribution >= 0.6 is 0 Å². The number of aryl methyl sites for hydroxylation is 1. The highest BCUT2D eigenvalue weighted by Gasteiger charge is 2.39. The Labute approximate surface area is 130 Å². The summed E-state index contributed by atoms with van der Waals surface area (Å²) < 4.78 is 31.0. The van der Waals surface area contributed by atoms with Crippen molar-refractivity contribution in [2.75, 3.05) is 5.75 Å². The fourth-order valence-corrected chi connectivity index (χ4v) is 4.86. The van der Waals surface area contributed by atoms with Gasteiger partial charge in [-0.05, 0) is 44.1 Å². The van der Waals surface area contributed by atoms with Crippen LogP contribution in [0.4, 0.5) is 0 Å². The average molecular weight is 329 g/mol. The molecule has 0 aliphatic heterocycles. The van der Waals surface area contributed by atoms with Crippen molar-refractivity contribution in [3.63, 3.8) is 0 Å². The third-order valence-corrected chi connectivity index (χ3v) is 10.6. The van der Waals surface area contributed by atoms with Crippen molar-refractivity contribution in [1.29, 1.82) is 0 Å².